The molecule has 1 unspecified atom stereocenters. The lowest BCUT2D eigenvalue weighted by Gasteiger charge is -2.06. The fourth-order valence-corrected chi connectivity index (χ4v) is 0.565. The van der Waals surface area contributed by atoms with Crippen molar-refractivity contribution in [2.24, 2.45) is 0 Å². The number of hydrogen-bond donors (Lipinski definition) is 1. The third kappa shape index (κ3) is 3.57. The molecule has 0 aliphatic carbocycles. The van der Waals surface area contributed by atoms with Gasteiger partial charge in [-0.1, -0.05) is 0 Å². The topological polar surface area (TPSA) is 52.2 Å². The minimum atomic E-state index is -4.95. The Kier molecular flexibility index (Phi) is 2.97. The van der Waals surface area contributed by atoms with Crippen LogP contribution < -0.4 is 4.72 Å². The lowest BCUT2D eigenvalue weighted by atomic mass is 10.6. The van der Waals surface area contributed by atoms with Gasteiger partial charge in [-0.25, -0.2) is 0 Å². The smallest absolute Gasteiger partial charge is 0.475 e. The largest absolute Gasteiger partial charge is 0.593 e. The Labute approximate surface area is 57.9 Å². The van der Waals surface area contributed by atoms with Crippen molar-refractivity contribution in [1.29, 1.82) is 0 Å². The molecule has 60 valence electrons. The summed E-state index contributed by atoms with van der Waals surface area (Å²) in [6.45, 7) is 0. The highest BCUT2D eigenvalue weighted by Crippen LogP contribution is 2.14. The Bertz CT molecular complexity index is 134. The van der Waals surface area contributed by atoms with Crippen LogP contribution in [0.5, 0.6) is 0 Å². The SMILES string of the molecule is C[S+]([O-])NC(=O)C(F)(F)F. The van der Waals surface area contributed by atoms with Crippen molar-refractivity contribution in [3.05, 3.63) is 0 Å². The highest BCUT2D eigenvalue weighted by Gasteiger charge is 2.40. The van der Waals surface area contributed by atoms with E-state index in [-0.39, 0.29) is 0 Å². The first-order valence-corrected chi connectivity index (χ1v) is 3.61. The van der Waals surface area contributed by atoms with Crippen LogP contribution in [-0.2, 0) is 16.2 Å². The standard InChI is InChI=1S/C3H4F3NO2S/c1-10(9)7-2(8)3(4,5)6/h1H3,(H,7,8). The van der Waals surface area contributed by atoms with Crippen LogP contribution in [0.15, 0.2) is 0 Å². The van der Waals surface area contributed by atoms with E-state index < -0.39 is 23.4 Å². The average Bonchev–Trinajstić information content (AvgIpc) is 1.60. The zero-order chi connectivity index (χ0) is 8.36. The molecule has 10 heavy (non-hydrogen) atoms. The third-order valence-electron chi connectivity index (χ3n) is 0.494. The quantitative estimate of drug-likeness (QED) is 0.568. The van der Waals surface area contributed by atoms with Crippen molar-refractivity contribution in [2.45, 2.75) is 6.18 Å². The summed E-state index contributed by atoms with van der Waals surface area (Å²) >= 11 is -1.96. The Hall–Kier alpha value is -0.430. The van der Waals surface area contributed by atoms with Gasteiger partial charge in [0, 0.05) is 0 Å². The molecule has 0 aromatic heterocycles. The number of carbonyl (C=O) groups is 1. The zero-order valence-corrected chi connectivity index (χ0v) is 5.68. The second kappa shape index (κ2) is 3.11. The summed E-state index contributed by atoms with van der Waals surface area (Å²) in [5.41, 5.74) is 0. The maximum absolute atomic E-state index is 11.3. The molecular formula is C3H4F3NO2S. The number of halogens is 3. The van der Waals surface area contributed by atoms with Crippen LogP contribution in [0.3, 0.4) is 0 Å². The molecule has 7 heteroatoms. The lowest BCUT2D eigenvalue weighted by molar-refractivity contribution is -0.171. The summed E-state index contributed by atoms with van der Waals surface area (Å²) in [6.07, 6.45) is -4.02. The molecule has 0 heterocycles. The van der Waals surface area contributed by atoms with Gasteiger partial charge in [0.05, 0.1) is 11.4 Å². The molecule has 0 saturated heterocycles. The number of carbonyl (C=O) groups excluding carboxylic acids is 1. The molecule has 0 aromatic rings. The van der Waals surface area contributed by atoms with Crippen molar-refractivity contribution in [1.82, 2.24) is 4.72 Å². The Morgan fingerprint density at radius 1 is 1.60 bits per heavy atom. The van der Waals surface area contributed by atoms with Crippen molar-refractivity contribution < 1.29 is 22.5 Å². The predicted octanol–water partition coefficient (Wildman–Crippen LogP) is -0.0416. The molecule has 0 fully saturated rings. The minimum Gasteiger partial charge on any atom is -0.593 e. The molecule has 0 saturated carbocycles. The van der Waals surface area contributed by atoms with E-state index in [0.29, 0.717) is 0 Å². The molecule has 0 aliphatic rings. The molecule has 0 aliphatic heterocycles. The van der Waals surface area contributed by atoms with E-state index in [9.17, 15) is 22.5 Å². The third-order valence-corrected chi connectivity index (χ3v) is 0.967. The molecule has 3 nitrogen and oxygen atoms in total. The van der Waals surface area contributed by atoms with E-state index in [1.54, 1.807) is 0 Å². The van der Waals surface area contributed by atoms with E-state index in [0.717, 1.165) is 6.26 Å². The fraction of sp³-hybridized carbons (Fsp3) is 0.667. The van der Waals surface area contributed by atoms with Crippen molar-refractivity contribution in [3.8, 4) is 0 Å². The summed E-state index contributed by atoms with van der Waals surface area (Å²) in [5.74, 6) is -2.19. The highest BCUT2D eigenvalue weighted by molar-refractivity contribution is 7.89. The van der Waals surface area contributed by atoms with Gasteiger partial charge in [0.25, 0.3) is 0 Å². The van der Waals surface area contributed by atoms with Gasteiger partial charge in [-0.3, -0.25) is 4.79 Å². The first-order chi connectivity index (χ1) is 4.34. The average molecular weight is 175 g/mol. The van der Waals surface area contributed by atoms with Gasteiger partial charge >= 0.3 is 12.1 Å². The number of hydrogen-bond acceptors (Lipinski definition) is 2. The molecule has 0 radical (unpaired) electrons. The van der Waals surface area contributed by atoms with Crippen molar-refractivity contribution in [2.75, 3.05) is 6.26 Å². The monoisotopic (exact) mass is 175 g/mol. The van der Waals surface area contributed by atoms with E-state index in [2.05, 4.69) is 0 Å². The fourth-order valence-electron chi connectivity index (χ4n) is 0.188. The number of amides is 1. The Morgan fingerprint density at radius 2 is 2.00 bits per heavy atom. The van der Waals surface area contributed by atoms with Crippen LogP contribution in [0.25, 0.3) is 0 Å². The van der Waals surface area contributed by atoms with Crippen molar-refractivity contribution in [3.63, 3.8) is 0 Å². The maximum atomic E-state index is 11.3. The molecule has 0 aromatic carbocycles. The van der Waals surface area contributed by atoms with Crippen LogP contribution in [0, 0.1) is 0 Å². The summed E-state index contributed by atoms with van der Waals surface area (Å²) < 4.78 is 45.0. The van der Waals surface area contributed by atoms with Crippen LogP contribution >= 0.6 is 0 Å². The molecule has 1 atom stereocenters. The number of alkyl halides is 3. The van der Waals surface area contributed by atoms with E-state index >= 15 is 0 Å². The number of rotatable bonds is 1. The lowest BCUT2D eigenvalue weighted by Crippen LogP contribution is -2.39. The van der Waals surface area contributed by atoms with Crippen LogP contribution in [0.1, 0.15) is 0 Å². The molecule has 1 N–H and O–H groups in total. The van der Waals surface area contributed by atoms with Crippen LogP contribution in [-0.4, -0.2) is 22.9 Å². The number of nitrogens with one attached hydrogen (secondary N) is 1. The molecule has 0 bridgehead atoms. The maximum Gasteiger partial charge on any atom is 0.475 e. The normalized spacial score (nSPS) is 14.5. The van der Waals surface area contributed by atoms with Gasteiger partial charge in [-0.2, -0.15) is 17.9 Å². The zero-order valence-electron chi connectivity index (χ0n) is 4.86. The molecule has 0 spiro atoms. The second-order valence-corrected chi connectivity index (χ2v) is 2.50. The Morgan fingerprint density at radius 3 is 2.10 bits per heavy atom. The van der Waals surface area contributed by atoms with E-state index in [1.807, 2.05) is 0 Å². The first-order valence-electron chi connectivity index (χ1n) is 2.05. The van der Waals surface area contributed by atoms with E-state index in [1.165, 1.54) is 4.72 Å². The van der Waals surface area contributed by atoms with Gasteiger partial charge in [0.2, 0.25) is 0 Å². The summed E-state index contributed by atoms with van der Waals surface area (Å²) in [5, 5.41) is 0. The molecular weight excluding hydrogens is 171 g/mol. The van der Waals surface area contributed by atoms with Crippen molar-refractivity contribution >= 4 is 17.3 Å². The summed E-state index contributed by atoms with van der Waals surface area (Å²) in [4.78, 5) is 9.85. The van der Waals surface area contributed by atoms with Gasteiger partial charge in [0.15, 0.2) is 0 Å². The van der Waals surface area contributed by atoms with E-state index in [4.69, 9.17) is 0 Å². The highest BCUT2D eigenvalue weighted by atomic mass is 32.2. The summed E-state index contributed by atoms with van der Waals surface area (Å²) in [6, 6.07) is 0. The predicted molar refractivity (Wildman–Crippen MR) is 28.3 cm³/mol. The minimum absolute atomic E-state index is 0.934. The molecule has 1 amide bonds. The summed E-state index contributed by atoms with van der Waals surface area (Å²) in [7, 11) is 0. The molecule has 0 rings (SSSR count). The van der Waals surface area contributed by atoms with Gasteiger partial charge in [0.1, 0.15) is 6.26 Å². The first kappa shape index (κ1) is 9.57. The van der Waals surface area contributed by atoms with Gasteiger partial charge in [-0.15, -0.1) is 0 Å². The van der Waals surface area contributed by atoms with Gasteiger partial charge in [-0.05, 0) is 0 Å². The van der Waals surface area contributed by atoms with Gasteiger partial charge < -0.3 is 4.55 Å². The van der Waals surface area contributed by atoms with Crippen LogP contribution in [0.4, 0.5) is 13.2 Å². The van der Waals surface area contributed by atoms with Crippen LogP contribution in [0.2, 0.25) is 0 Å². The second-order valence-electron chi connectivity index (χ2n) is 1.38. The Balaban J connectivity index is 3.87.